The maximum Gasteiger partial charge on any atom is 0.153 e. The molecule has 0 amide bonds. The number of carbonyl (C=O) groups excluding carboxylic acids is 1. The summed E-state index contributed by atoms with van der Waals surface area (Å²) in [6.45, 7) is 0. The quantitative estimate of drug-likeness (QED) is 0.778. The highest BCUT2D eigenvalue weighted by molar-refractivity contribution is 7.99. The van der Waals surface area contributed by atoms with E-state index in [2.05, 4.69) is 12.1 Å². The van der Waals surface area contributed by atoms with Crippen LogP contribution in [0.3, 0.4) is 0 Å². The van der Waals surface area contributed by atoms with Gasteiger partial charge in [0.1, 0.15) is 11.5 Å². The number of benzene rings is 2. The summed E-state index contributed by atoms with van der Waals surface area (Å²) in [5.74, 6) is 2.55. The zero-order valence-electron chi connectivity index (χ0n) is 9.76. The van der Waals surface area contributed by atoms with E-state index in [0.717, 1.165) is 24.2 Å². The second-order valence-electron chi connectivity index (χ2n) is 4.13. The zero-order chi connectivity index (χ0) is 12.4. The first kappa shape index (κ1) is 11.4. The number of aryl methyl sites for hydroxylation is 1. The summed E-state index contributed by atoms with van der Waals surface area (Å²) in [7, 11) is 0. The molecule has 0 radical (unpaired) electrons. The number of thioether (sulfide) groups is 1. The van der Waals surface area contributed by atoms with Crippen LogP contribution in [0.4, 0.5) is 0 Å². The summed E-state index contributed by atoms with van der Waals surface area (Å²) in [5, 5.41) is 0. The average Bonchev–Trinajstić information content (AvgIpc) is 2.87. The van der Waals surface area contributed by atoms with Crippen molar-refractivity contribution in [2.45, 2.75) is 11.3 Å². The summed E-state index contributed by atoms with van der Waals surface area (Å²) in [4.78, 5) is 12.3. The van der Waals surface area contributed by atoms with Crippen molar-refractivity contribution in [3.05, 3.63) is 53.6 Å². The van der Waals surface area contributed by atoms with Crippen LogP contribution in [0.2, 0.25) is 0 Å². The molecule has 2 nitrogen and oxygen atoms in total. The number of hydrogen-bond acceptors (Lipinski definition) is 3. The van der Waals surface area contributed by atoms with Gasteiger partial charge in [0.2, 0.25) is 0 Å². The molecule has 0 unspecified atom stereocenters. The van der Waals surface area contributed by atoms with Crippen molar-refractivity contribution in [3.8, 4) is 11.5 Å². The molecule has 0 spiro atoms. The Bertz CT molecular complexity index is 593. The highest BCUT2D eigenvalue weighted by atomic mass is 32.2. The topological polar surface area (TPSA) is 26.3 Å². The predicted octanol–water partition coefficient (Wildman–Crippen LogP) is 3.94. The van der Waals surface area contributed by atoms with Crippen LogP contribution >= 0.6 is 11.8 Å². The Hall–Kier alpha value is -1.74. The minimum atomic E-state index is 0.576. The molecule has 2 aromatic rings. The number of aldehydes is 1. The van der Waals surface area contributed by atoms with Crippen molar-refractivity contribution in [2.75, 3.05) is 5.75 Å². The van der Waals surface area contributed by atoms with Crippen molar-refractivity contribution in [1.82, 2.24) is 0 Å². The van der Waals surface area contributed by atoms with Gasteiger partial charge in [0.15, 0.2) is 6.29 Å². The van der Waals surface area contributed by atoms with Crippen LogP contribution in [0.5, 0.6) is 11.5 Å². The van der Waals surface area contributed by atoms with E-state index in [-0.39, 0.29) is 0 Å². The van der Waals surface area contributed by atoms with Gasteiger partial charge < -0.3 is 4.74 Å². The molecule has 1 aliphatic rings. The van der Waals surface area contributed by atoms with E-state index in [1.54, 1.807) is 6.07 Å². The molecule has 90 valence electrons. The molecule has 0 bridgehead atoms. The molecule has 1 heterocycles. The number of rotatable bonds is 3. The Balaban J connectivity index is 1.90. The van der Waals surface area contributed by atoms with Crippen molar-refractivity contribution in [1.29, 1.82) is 0 Å². The van der Waals surface area contributed by atoms with Crippen LogP contribution < -0.4 is 4.74 Å². The molecule has 18 heavy (non-hydrogen) atoms. The van der Waals surface area contributed by atoms with Crippen LogP contribution in [-0.2, 0) is 6.42 Å². The van der Waals surface area contributed by atoms with E-state index in [4.69, 9.17) is 4.74 Å². The van der Waals surface area contributed by atoms with E-state index >= 15 is 0 Å². The predicted molar refractivity (Wildman–Crippen MR) is 72.8 cm³/mol. The van der Waals surface area contributed by atoms with Crippen molar-refractivity contribution >= 4 is 18.0 Å². The lowest BCUT2D eigenvalue weighted by atomic mass is 10.1. The lowest BCUT2D eigenvalue weighted by molar-refractivity contribution is 0.112. The second kappa shape index (κ2) is 4.86. The van der Waals surface area contributed by atoms with E-state index < -0.39 is 0 Å². The molecule has 3 heteroatoms. The highest BCUT2D eigenvalue weighted by Gasteiger charge is 2.12. The SMILES string of the molecule is O=Cc1ccccc1Oc1ccc2c(c1)CCS2. The van der Waals surface area contributed by atoms with Gasteiger partial charge in [-0.1, -0.05) is 12.1 Å². The van der Waals surface area contributed by atoms with Crippen LogP contribution in [0.1, 0.15) is 15.9 Å². The van der Waals surface area contributed by atoms with Gasteiger partial charge in [-0.15, -0.1) is 11.8 Å². The van der Waals surface area contributed by atoms with Gasteiger partial charge in [-0.2, -0.15) is 0 Å². The van der Waals surface area contributed by atoms with Gasteiger partial charge in [-0.05, 0) is 42.3 Å². The summed E-state index contributed by atoms with van der Waals surface area (Å²) < 4.78 is 5.79. The third-order valence-corrected chi connectivity index (χ3v) is 4.05. The van der Waals surface area contributed by atoms with E-state index in [1.165, 1.54) is 10.5 Å². The van der Waals surface area contributed by atoms with Crippen molar-refractivity contribution in [2.24, 2.45) is 0 Å². The number of para-hydroxylation sites is 1. The number of fused-ring (bicyclic) bond motifs is 1. The molecule has 0 aliphatic carbocycles. The Morgan fingerprint density at radius 1 is 1.17 bits per heavy atom. The van der Waals surface area contributed by atoms with Crippen molar-refractivity contribution < 1.29 is 9.53 Å². The lowest BCUT2D eigenvalue weighted by Crippen LogP contribution is -1.91. The molecule has 3 rings (SSSR count). The Morgan fingerprint density at radius 2 is 2.06 bits per heavy atom. The largest absolute Gasteiger partial charge is 0.457 e. The minimum absolute atomic E-state index is 0.576. The molecule has 0 fully saturated rings. The number of ether oxygens (including phenoxy) is 1. The monoisotopic (exact) mass is 256 g/mol. The number of hydrogen-bond donors (Lipinski definition) is 0. The highest BCUT2D eigenvalue weighted by Crippen LogP contribution is 2.35. The van der Waals surface area contributed by atoms with Crippen LogP contribution in [0.25, 0.3) is 0 Å². The molecule has 0 saturated carbocycles. The maximum atomic E-state index is 10.9. The van der Waals surface area contributed by atoms with Gasteiger partial charge in [0.25, 0.3) is 0 Å². The Labute approximate surface area is 110 Å². The van der Waals surface area contributed by atoms with E-state index in [1.807, 2.05) is 36.0 Å². The molecular weight excluding hydrogens is 244 g/mol. The van der Waals surface area contributed by atoms with Gasteiger partial charge in [-0.25, -0.2) is 0 Å². The molecule has 2 aromatic carbocycles. The Kier molecular flexibility index (Phi) is 3.07. The standard InChI is InChI=1S/C15H12O2S/c16-10-12-3-1-2-4-14(12)17-13-5-6-15-11(9-13)7-8-18-15/h1-6,9-10H,7-8H2. The fraction of sp³-hybridized carbons (Fsp3) is 0.133. The lowest BCUT2D eigenvalue weighted by Gasteiger charge is -2.09. The molecule has 0 aromatic heterocycles. The summed E-state index contributed by atoms with van der Waals surface area (Å²) in [6.07, 6.45) is 1.91. The summed E-state index contributed by atoms with van der Waals surface area (Å²) in [6, 6.07) is 13.4. The first-order chi connectivity index (χ1) is 8.86. The second-order valence-corrected chi connectivity index (χ2v) is 5.26. The van der Waals surface area contributed by atoms with Crippen LogP contribution in [-0.4, -0.2) is 12.0 Å². The maximum absolute atomic E-state index is 10.9. The fourth-order valence-electron chi connectivity index (χ4n) is 2.02. The third-order valence-electron chi connectivity index (χ3n) is 2.93. The van der Waals surface area contributed by atoms with Crippen LogP contribution in [0, 0.1) is 0 Å². The minimum Gasteiger partial charge on any atom is -0.457 e. The van der Waals surface area contributed by atoms with Gasteiger partial charge in [0.05, 0.1) is 5.56 Å². The van der Waals surface area contributed by atoms with Gasteiger partial charge >= 0.3 is 0 Å². The molecule has 1 aliphatic heterocycles. The normalized spacial score (nSPS) is 13.1. The van der Waals surface area contributed by atoms with Gasteiger partial charge in [-0.3, -0.25) is 4.79 Å². The third kappa shape index (κ3) is 2.14. The molecule has 0 N–H and O–H groups in total. The smallest absolute Gasteiger partial charge is 0.153 e. The zero-order valence-corrected chi connectivity index (χ0v) is 10.6. The molecule has 0 atom stereocenters. The summed E-state index contributed by atoms with van der Waals surface area (Å²) in [5.41, 5.74) is 1.91. The van der Waals surface area contributed by atoms with Crippen molar-refractivity contribution in [3.63, 3.8) is 0 Å². The summed E-state index contributed by atoms with van der Waals surface area (Å²) >= 11 is 1.88. The Morgan fingerprint density at radius 3 is 2.94 bits per heavy atom. The van der Waals surface area contributed by atoms with Crippen LogP contribution in [0.15, 0.2) is 47.4 Å². The number of carbonyl (C=O) groups is 1. The molecular formula is C15H12O2S. The fourth-order valence-corrected chi connectivity index (χ4v) is 3.08. The molecule has 0 saturated heterocycles. The van der Waals surface area contributed by atoms with Gasteiger partial charge in [0, 0.05) is 10.6 Å². The first-order valence-corrected chi connectivity index (χ1v) is 6.83. The van der Waals surface area contributed by atoms with E-state index in [0.29, 0.717) is 11.3 Å². The first-order valence-electron chi connectivity index (χ1n) is 5.84. The van der Waals surface area contributed by atoms with E-state index in [9.17, 15) is 4.79 Å². The average molecular weight is 256 g/mol.